The van der Waals surface area contributed by atoms with Crippen molar-refractivity contribution in [2.75, 3.05) is 5.75 Å². The van der Waals surface area contributed by atoms with Gasteiger partial charge in [-0.2, -0.15) is 0 Å². The molecular formula is C15H27N3O3S2. The maximum Gasteiger partial charge on any atom is 0.326 e. The van der Waals surface area contributed by atoms with E-state index in [1.165, 1.54) is 12.2 Å². The summed E-state index contributed by atoms with van der Waals surface area (Å²) >= 11 is 0. The molecule has 0 bridgehead atoms. The molecule has 0 saturated carbocycles. The molecule has 0 radical (unpaired) electrons. The van der Waals surface area contributed by atoms with E-state index in [0.29, 0.717) is 32.1 Å². The number of nitrogens with two attached hydrogens (primary N) is 1. The van der Waals surface area contributed by atoms with Gasteiger partial charge in [-0.25, -0.2) is 4.79 Å². The predicted molar refractivity (Wildman–Crippen MR) is 96.9 cm³/mol. The monoisotopic (exact) mass is 361 g/mol. The van der Waals surface area contributed by atoms with Gasteiger partial charge in [0.15, 0.2) is 0 Å². The summed E-state index contributed by atoms with van der Waals surface area (Å²) in [6.45, 7) is 0. The molecule has 1 saturated heterocycles. The number of carbonyl (C=O) groups excluding carboxylic acids is 1. The number of amidine groups is 1. The van der Waals surface area contributed by atoms with Crippen molar-refractivity contribution in [2.24, 2.45) is 5.73 Å². The summed E-state index contributed by atoms with van der Waals surface area (Å²) in [4.78, 5) is 23.0. The number of aliphatic carboxylic acids is 1. The highest BCUT2D eigenvalue weighted by Gasteiger charge is 2.20. The third kappa shape index (κ3) is 9.76. The first-order valence-electron chi connectivity index (χ1n) is 8.12. The van der Waals surface area contributed by atoms with Crippen molar-refractivity contribution in [3.05, 3.63) is 0 Å². The fourth-order valence-electron chi connectivity index (χ4n) is 2.41. The molecular weight excluding hydrogens is 334 g/mol. The highest BCUT2D eigenvalue weighted by Crippen LogP contribution is 2.39. The van der Waals surface area contributed by atoms with E-state index in [0.717, 1.165) is 24.5 Å². The lowest BCUT2D eigenvalue weighted by Gasteiger charge is -2.14. The molecule has 8 heteroatoms. The lowest BCUT2D eigenvalue weighted by atomic mass is 10.1. The van der Waals surface area contributed by atoms with Crippen LogP contribution in [0.15, 0.2) is 0 Å². The zero-order valence-corrected chi connectivity index (χ0v) is 15.0. The number of amides is 1. The number of carbonyl (C=O) groups is 2. The second-order valence-corrected chi connectivity index (χ2v) is 8.59. The average molecular weight is 362 g/mol. The fraction of sp³-hybridized carbons (Fsp3) is 0.800. The van der Waals surface area contributed by atoms with Gasteiger partial charge in [-0.05, 0) is 32.1 Å². The number of hydrogen-bond acceptors (Lipinski definition) is 5. The Balaban J connectivity index is 2.14. The number of unbranched alkanes of at least 4 members (excludes halogenated alkanes) is 2. The van der Waals surface area contributed by atoms with Crippen LogP contribution in [0.4, 0.5) is 0 Å². The Kier molecular flexibility index (Phi) is 10.2. The summed E-state index contributed by atoms with van der Waals surface area (Å²) in [5, 5.41) is 19.6. The van der Waals surface area contributed by atoms with Crippen LogP contribution in [0, 0.1) is 5.41 Å². The summed E-state index contributed by atoms with van der Waals surface area (Å²) in [7, 11) is 3.86. The van der Waals surface area contributed by atoms with Crippen LogP contribution >= 0.6 is 21.6 Å². The Morgan fingerprint density at radius 3 is 2.61 bits per heavy atom. The van der Waals surface area contributed by atoms with Crippen LogP contribution in [0.5, 0.6) is 0 Å². The van der Waals surface area contributed by atoms with Gasteiger partial charge < -0.3 is 16.2 Å². The maximum atomic E-state index is 11.9. The van der Waals surface area contributed by atoms with Gasteiger partial charge >= 0.3 is 5.97 Å². The molecule has 2 atom stereocenters. The molecule has 23 heavy (non-hydrogen) atoms. The first-order chi connectivity index (χ1) is 11.0. The van der Waals surface area contributed by atoms with E-state index in [2.05, 4.69) is 5.32 Å². The zero-order chi connectivity index (χ0) is 17.1. The molecule has 1 fully saturated rings. The molecule has 0 aromatic heterocycles. The normalized spacial score (nSPS) is 18.5. The second-order valence-electron chi connectivity index (χ2n) is 5.80. The smallest absolute Gasteiger partial charge is 0.326 e. The van der Waals surface area contributed by atoms with E-state index < -0.39 is 12.0 Å². The summed E-state index contributed by atoms with van der Waals surface area (Å²) in [6, 6.07) is -0.837. The maximum absolute atomic E-state index is 11.9. The van der Waals surface area contributed by atoms with Crippen molar-refractivity contribution in [3.8, 4) is 0 Å². The predicted octanol–water partition coefficient (Wildman–Crippen LogP) is 2.77. The first-order valence-corrected chi connectivity index (χ1v) is 10.5. The van der Waals surface area contributed by atoms with Crippen molar-refractivity contribution in [2.45, 2.75) is 69.1 Å². The summed E-state index contributed by atoms with van der Waals surface area (Å²) in [6.07, 6.45) is 6.76. The Bertz CT molecular complexity index is 401. The van der Waals surface area contributed by atoms with Gasteiger partial charge in [-0.1, -0.05) is 34.4 Å². The highest BCUT2D eigenvalue weighted by molar-refractivity contribution is 8.77. The van der Waals surface area contributed by atoms with Crippen LogP contribution in [-0.2, 0) is 9.59 Å². The molecule has 6 nitrogen and oxygen atoms in total. The van der Waals surface area contributed by atoms with Gasteiger partial charge in [0.25, 0.3) is 0 Å². The van der Waals surface area contributed by atoms with Gasteiger partial charge in [0.1, 0.15) is 6.04 Å². The molecule has 132 valence electrons. The van der Waals surface area contributed by atoms with Crippen molar-refractivity contribution in [3.63, 3.8) is 0 Å². The first kappa shape index (κ1) is 20.2. The standard InChI is InChI=1S/C15H27N3O3S2/c16-13(17)7-3-2-6-12(15(20)21)18-14(19)8-4-1-5-11-9-10-22-23-11/h11-12H,1-10H2,(H3,16,17)(H,18,19)(H,20,21)/t11-,12-/m1/s1. The Hall–Kier alpha value is -0.890. The van der Waals surface area contributed by atoms with Gasteiger partial charge in [0, 0.05) is 23.8 Å². The van der Waals surface area contributed by atoms with Gasteiger partial charge in [0.05, 0.1) is 5.84 Å². The number of nitrogens with one attached hydrogen (secondary N) is 2. The van der Waals surface area contributed by atoms with E-state index in [1.807, 2.05) is 21.6 Å². The fourth-order valence-corrected chi connectivity index (χ4v) is 5.44. The van der Waals surface area contributed by atoms with Gasteiger partial charge in [-0.3, -0.25) is 10.2 Å². The van der Waals surface area contributed by atoms with E-state index in [9.17, 15) is 9.59 Å². The third-order valence-electron chi connectivity index (χ3n) is 3.73. The molecule has 0 aromatic rings. The van der Waals surface area contributed by atoms with Crippen LogP contribution in [-0.4, -0.2) is 39.9 Å². The summed E-state index contributed by atoms with van der Waals surface area (Å²) in [5.74, 6) is 0.150. The number of rotatable bonds is 12. The Morgan fingerprint density at radius 1 is 1.26 bits per heavy atom. The highest BCUT2D eigenvalue weighted by atomic mass is 33.1. The van der Waals surface area contributed by atoms with Crippen LogP contribution in [0.2, 0.25) is 0 Å². The van der Waals surface area contributed by atoms with Crippen LogP contribution in [0.3, 0.4) is 0 Å². The van der Waals surface area contributed by atoms with Crippen molar-refractivity contribution < 1.29 is 14.7 Å². The minimum absolute atomic E-state index is 0.111. The number of carboxylic acids is 1. The molecule has 0 unspecified atom stereocenters. The van der Waals surface area contributed by atoms with Crippen LogP contribution in [0.1, 0.15) is 57.8 Å². The number of carboxylic acid groups (broad SMARTS) is 1. The minimum Gasteiger partial charge on any atom is -0.480 e. The topological polar surface area (TPSA) is 116 Å². The molecule has 0 aliphatic carbocycles. The Labute approximate surface area is 145 Å². The summed E-state index contributed by atoms with van der Waals surface area (Å²) < 4.78 is 0. The van der Waals surface area contributed by atoms with E-state index in [1.54, 1.807) is 0 Å². The van der Waals surface area contributed by atoms with Crippen molar-refractivity contribution in [1.82, 2.24) is 5.32 Å². The molecule has 1 heterocycles. The number of hydrogen-bond donors (Lipinski definition) is 4. The largest absolute Gasteiger partial charge is 0.480 e. The van der Waals surface area contributed by atoms with Crippen molar-refractivity contribution in [1.29, 1.82) is 5.41 Å². The van der Waals surface area contributed by atoms with Gasteiger partial charge in [0.2, 0.25) is 5.91 Å². The third-order valence-corrected chi connectivity index (χ3v) is 6.74. The molecule has 1 aliphatic heterocycles. The summed E-state index contributed by atoms with van der Waals surface area (Å²) in [5.41, 5.74) is 5.26. The minimum atomic E-state index is -0.999. The molecule has 0 spiro atoms. The van der Waals surface area contributed by atoms with Crippen LogP contribution < -0.4 is 11.1 Å². The van der Waals surface area contributed by atoms with Gasteiger partial charge in [-0.15, -0.1) is 0 Å². The SMILES string of the molecule is N=C(N)CCCC[C@@H](NC(=O)CCCC[C@@H]1CCSS1)C(=O)O. The van der Waals surface area contributed by atoms with Crippen molar-refractivity contribution >= 4 is 39.3 Å². The zero-order valence-electron chi connectivity index (χ0n) is 13.4. The molecule has 1 amide bonds. The van der Waals surface area contributed by atoms with E-state index in [4.69, 9.17) is 16.2 Å². The molecule has 1 rings (SSSR count). The van der Waals surface area contributed by atoms with Crippen LogP contribution in [0.25, 0.3) is 0 Å². The Morgan fingerprint density at radius 2 is 2.00 bits per heavy atom. The quantitative estimate of drug-likeness (QED) is 0.184. The average Bonchev–Trinajstić information content (AvgIpc) is 2.99. The lowest BCUT2D eigenvalue weighted by Crippen LogP contribution is -2.40. The van der Waals surface area contributed by atoms with E-state index >= 15 is 0 Å². The molecule has 0 aromatic carbocycles. The molecule has 5 N–H and O–H groups in total. The van der Waals surface area contributed by atoms with E-state index in [-0.39, 0.29) is 11.7 Å². The molecule has 1 aliphatic rings. The second kappa shape index (κ2) is 11.6. The lowest BCUT2D eigenvalue weighted by molar-refractivity contribution is -0.142.